The highest BCUT2D eigenvalue weighted by Gasteiger charge is 2.22. The lowest BCUT2D eigenvalue weighted by Gasteiger charge is -2.34. The van der Waals surface area contributed by atoms with Gasteiger partial charge in [0.15, 0.2) is 0 Å². The molecule has 1 saturated heterocycles. The Labute approximate surface area is 143 Å². The number of aryl methyl sites for hydroxylation is 1. The van der Waals surface area contributed by atoms with Gasteiger partial charge in [0.1, 0.15) is 5.75 Å². The number of carbonyl (C=O) groups is 2. The van der Waals surface area contributed by atoms with Gasteiger partial charge >= 0.3 is 0 Å². The number of benzene rings is 1. The second-order valence-corrected chi connectivity index (χ2v) is 6.51. The Balaban J connectivity index is 1.72. The van der Waals surface area contributed by atoms with Crippen molar-refractivity contribution in [2.75, 3.05) is 32.7 Å². The summed E-state index contributed by atoms with van der Waals surface area (Å²) in [7, 11) is 0. The van der Waals surface area contributed by atoms with E-state index in [1.165, 1.54) is 0 Å². The molecule has 1 aromatic rings. The molecule has 132 valence electrons. The molecular formula is C18H27N3O3. The van der Waals surface area contributed by atoms with Crippen LogP contribution < -0.4 is 5.32 Å². The summed E-state index contributed by atoms with van der Waals surface area (Å²) in [4.78, 5) is 28.0. The Morgan fingerprint density at radius 1 is 1.17 bits per heavy atom. The maximum absolute atomic E-state index is 12.3. The fourth-order valence-electron chi connectivity index (χ4n) is 2.85. The van der Waals surface area contributed by atoms with Crippen molar-refractivity contribution in [3.8, 4) is 5.75 Å². The van der Waals surface area contributed by atoms with E-state index < -0.39 is 0 Å². The molecule has 0 bridgehead atoms. The van der Waals surface area contributed by atoms with Gasteiger partial charge in [0.05, 0.1) is 6.54 Å². The highest BCUT2D eigenvalue weighted by atomic mass is 16.3. The predicted molar refractivity (Wildman–Crippen MR) is 92.7 cm³/mol. The molecule has 6 heteroatoms. The average molecular weight is 333 g/mol. The summed E-state index contributed by atoms with van der Waals surface area (Å²) in [6.45, 7) is 7.00. The zero-order valence-electron chi connectivity index (χ0n) is 14.5. The van der Waals surface area contributed by atoms with Crippen molar-refractivity contribution in [3.05, 3.63) is 29.8 Å². The number of rotatable bonds is 6. The molecule has 1 heterocycles. The zero-order chi connectivity index (χ0) is 17.5. The van der Waals surface area contributed by atoms with Gasteiger partial charge in [0, 0.05) is 38.6 Å². The van der Waals surface area contributed by atoms with Crippen LogP contribution in [0.2, 0.25) is 0 Å². The molecule has 0 aliphatic carbocycles. The Morgan fingerprint density at radius 3 is 2.46 bits per heavy atom. The minimum Gasteiger partial charge on any atom is -0.508 e. The first-order valence-electron chi connectivity index (χ1n) is 8.52. The monoisotopic (exact) mass is 333 g/mol. The van der Waals surface area contributed by atoms with E-state index in [0.717, 1.165) is 5.56 Å². The SMILES string of the molecule is CC(C)NC(=O)CN1CCN(C(=O)CCc2ccccc2O)CC1. The van der Waals surface area contributed by atoms with Crippen LogP contribution in [0.3, 0.4) is 0 Å². The number of nitrogens with one attached hydrogen (secondary N) is 1. The largest absolute Gasteiger partial charge is 0.508 e. The Bertz CT molecular complexity index is 566. The number of carbonyl (C=O) groups excluding carboxylic acids is 2. The van der Waals surface area contributed by atoms with Crippen molar-refractivity contribution in [1.29, 1.82) is 0 Å². The van der Waals surface area contributed by atoms with Crippen LogP contribution in [0, 0.1) is 0 Å². The van der Waals surface area contributed by atoms with E-state index in [2.05, 4.69) is 10.2 Å². The van der Waals surface area contributed by atoms with Gasteiger partial charge in [-0.2, -0.15) is 0 Å². The topological polar surface area (TPSA) is 72.9 Å². The van der Waals surface area contributed by atoms with Crippen LogP contribution in [-0.2, 0) is 16.0 Å². The molecule has 1 fully saturated rings. The number of hydrogen-bond acceptors (Lipinski definition) is 4. The summed E-state index contributed by atoms with van der Waals surface area (Å²) in [6, 6.07) is 7.26. The lowest BCUT2D eigenvalue weighted by molar-refractivity contribution is -0.133. The fraction of sp³-hybridized carbons (Fsp3) is 0.556. The summed E-state index contributed by atoms with van der Waals surface area (Å²) in [6.07, 6.45) is 0.938. The van der Waals surface area contributed by atoms with Crippen molar-refractivity contribution in [1.82, 2.24) is 15.1 Å². The van der Waals surface area contributed by atoms with Crippen LogP contribution in [0.15, 0.2) is 24.3 Å². The third kappa shape index (κ3) is 5.53. The van der Waals surface area contributed by atoms with Gasteiger partial charge in [-0.3, -0.25) is 14.5 Å². The molecule has 24 heavy (non-hydrogen) atoms. The second kappa shape index (κ2) is 8.68. The second-order valence-electron chi connectivity index (χ2n) is 6.51. The van der Waals surface area contributed by atoms with Gasteiger partial charge in [0.25, 0.3) is 0 Å². The number of phenols is 1. The highest BCUT2D eigenvalue weighted by Crippen LogP contribution is 2.18. The van der Waals surface area contributed by atoms with Crippen molar-refractivity contribution in [2.45, 2.75) is 32.7 Å². The first-order chi connectivity index (χ1) is 11.5. The first kappa shape index (κ1) is 18.3. The molecule has 1 aliphatic heterocycles. The van der Waals surface area contributed by atoms with Crippen LogP contribution in [0.1, 0.15) is 25.8 Å². The van der Waals surface area contributed by atoms with Gasteiger partial charge in [-0.05, 0) is 31.9 Å². The Hall–Kier alpha value is -2.08. The summed E-state index contributed by atoms with van der Waals surface area (Å²) < 4.78 is 0. The van der Waals surface area contributed by atoms with E-state index >= 15 is 0 Å². The lowest BCUT2D eigenvalue weighted by atomic mass is 10.1. The van der Waals surface area contributed by atoms with E-state index in [9.17, 15) is 14.7 Å². The molecule has 2 amide bonds. The van der Waals surface area contributed by atoms with Crippen molar-refractivity contribution >= 4 is 11.8 Å². The summed E-state index contributed by atoms with van der Waals surface area (Å²) >= 11 is 0. The van der Waals surface area contributed by atoms with E-state index in [1.54, 1.807) is 12.1 Å². The number of piperazine rings is 1. The van der Waals surface area contributed by atoms with Crippen molar-refractivity contribution < 1.29 is 14.7 Å². The lowest BCUT2D eigenvalue weighted by Crippen LogP contribution is -2.51. The maximum atomic E-state index is 12.3. The number of hydrogen-bond donors (Lipinski definition) is 2. The number of aromatic hydroxyl groups is 1. The molecule has 1 aromatic carbocycles. The van der Waals surface area contributed by atoms with Gasteiger partial charge in [-0.25, -0.2) is 0 Å². The Kier molecular flexibility index (Phi) is 6.61. The quantitative estimate of drug-likeness (QED) is 0.814. The summed E-state index contributed by atoms with van der Waals surface area (Å²) in [5.74, 6) is 0.375. The summed E-state index contributed by atoms with van der Waals surface area (Å²) in [5.41, 5.74) is 0.801. The molecule has 0 atom stereocenters. The number of phenolic OH excluding ortho intramolecular Hbond substituents is 1. The Morgan fingerprint density at radius 2 is 1.83 bits per heavy atom. The van der Waals surface area contributed by atoms with Crippen LogP contribution in [0.4, 0.5) is 0 Å². The van der Waals surface area contributed by atoms with Crippen LogP contribution >= 0.6 is 0 Å². The van der Waals surface area contributed by atoms with E-state index in [4.69, 9.17) is 0 Å². The molecule has 0 aromatic heterocycles. The maximum Gasteiger partial charge on any atom is 0.234 e. The molecule has 0 unspecified atom stereocenters. The van der Waals surface area contributed by atoms with E-state index in [1.807, 2.05) is 30.9 Å². The van der Waals surface area contributed by atoms with Gasteiger partial charge in [0.2, 0.25) is 11.8 Å². The minimum absolute atomic E-state index is 0.0318. The van der Waals surface area contributed by atoms with Crippen LogP contribution in [-0.4, -0.2) is 65.5 Å². The molecule has 1 aliphatic rings. The fourth-order valence-corrected chi connectivity index (χ4v) is 2.85. The van der Waals surface area contributed by atoms with Gasteiger partial charge in [-0.15, -0.1) is 0 Å². The molecule has 0 spiro atoms. The van der Waals surface area contributed by atoms with E-state index in [-0.39, 0.29) is 23.6 Å². The molecule has 6 nitrogen and oxygen atoms in total. The molecule has 0 radical (unpaired) electrons. The summed E-state index contributed by atoms with van der Waals surface area (Å²) in [5, 5.41) is 12.6. The smallest absolute Gasteiger partial charge is 0.234 e. The molecule has 2 N–H and O–H groups in total. The standard InChI is InChI=1S/C18H27N3O3/c1-14(2)19-17(23)13-20-9-11-21(12-10-20)18(24)8-7-15-5-3-4-6-16(15)22/h3-6,14,22H,7-13H2,1-2H3,(H,19,23). The van der Waals surface area contributed by atoms with Crippen molar-refractivity contribution in [2.24, 2.45) is 0 Å². The minimum atomic E-state index is 0.0318. The number of nitrogens with zero attached hydrogens (tertiary/aromatic N) is 2. The number of para-hydroxylation sites is 1. The molecule has 0 saturated carbocycles. The normalized spacial score (nSPS) is 15.5. The van der Waals surface area contributed by atoms with Crippen LogP contribution in [0.25, 0.3) is 0 Å². The van der Waals surface area contributed by atoms with Crippen LogP contribution in [0.5, 0.6) is 5.75 Å². The third-order valence-corrected chi connectivity index (χ3v) is 4.14. The average Bonchev–Trinajstić information content (AvgIpc) is 2.53. The van der Waals surface area contributed by atoms with Gasteiger partial charge < -0.3 is 15.3 Å². The van der Waals surface area contributed by atoms with Gasteiger partial charge in [-0.1, -0.05) is 18.2 Å². The first-order valence-corrected chi connectivity index (χ1v) is 8.52. The molecule has 2 rings (SSSR count). The third-order valence-electron chi connectivity index (χ3n) is 4.14. The van der Waals surface area contributed by atoms with E-state index in [0.29, 0.717) is 45.6 Å². The van der Waals surface area contributed by atoms with Crippen molar-refractivity contribution in [3.63, 3.8) is 0 Å². The zero-order valence-corrected chi connectivity index (χ0v) is 14.5. The highest BCUT2D eigenvalue weighted by molar-refractivity contribution is 5.78. The predicted octanol–water partition coefficient (Wildman–Crippen LogP) is 0.994. The molecular weight excluding hydrogens is 306 g/mol. The number of amides is 2.